The molecule has 4 fully saturated rings. The summed E-state index contributed by atoms with van der Waals surface area (Å²) in [6, 6.07) is 0. The van der Waals surface area contributed by atoms with Crippen LogP contribution in [0.1, 0.15) is 113 Å². The van der Waals surface area contributed by atoms with E-state index in [1.165, 1.54) is 25.7 Å². The number of hydrogen-bond donors (Lipinski definition) is 3. The molecule has 4 aliphatic rings. The maximum absolute atomic E-state index is 12.7. The SMILES string of the molecule is COCC(C)(C)COCC(C)(C)COCCNC(=O)CCC(C)C1CC[C@H]2[C@H]3C(CCC12C)C1(C)CC[C@@H](O)CC1C[C@@H]3O. The van der Waals surface area contributed by atoms with Gasteiger partial charge >= 0.3 is 0 Å². The lowest BCUT2D eigenvalue weighted by atomic mass is 9.43. The van der Waals surface area contributed by atoms with E-state index in [1.807, 2.05) is 0 Å². The molecule has 0 spiro atoms. The van der Waals surface area contributed by atoms with Crippen LogP contribution in [0.2, 0.25) is 0 Å². The van der Waals surface area contributed by atoms with Gasteiger partial charge in [-0.1, -0.05) is 48.5 Å². The smallest absolute Gasteiger partial charge is 0.220 e. The number of aliphatic hydroxyl groups excluding tert-OH is 2. The van der Waals surface area contributed by atoms with Crippen molar-refractivity contribution >= 4 is 5.91 Å². The molecule has 1 amide bonds. The molecule has 7 nitrogen and oxygen atoms in total. The second kappa shape index (κ2) is 14.6. The molecule has 4 aliphatic carbocycles. The Morgan fingerprint density at radius 2 is 1.52 bits per heavy atom. The van der Waals surface area contributed by atoms with E-state index in [0.29, 0.717) is 81.5 Å². The Morgan fingerprint density at radius 3 is 2.23 bits per heavy atom. The summed E-state index contributed by atoms with van der Waals surface area (Å²) in [7, 11) is 1.72. The second-order valence-corrected chi connectivity index (χ2v) is 17.6. The molecule has 0 aliphatic heterocycles. The first-order valence-corrected chi connectivity index (χ1v) is 17.9. The summed E-state index contributed by atoms with van der Waals surface area (Å²) < 4.78 is 17.1. The monoisotopic (exact) mass is 621 g/mol. The van der Waals surface area contributed by atoms with Crippen LogP contribution < -0.4 is 5.32 Å². The lowest BCUT2D eigenvalue weighted by molar-refractivity contribution is -0.174. The van der Waals surface area contributed by atoms with Crippen LogP contribution in [0.5, 0.6) is 0 Å². The average Bonchev–Trinajstić information content (AvgIpc) is 3.29. The maximum Gasteiger partial charge on any atom is 0.220 e. The van der Waals surface area contributed by atoms with Crippen molar-refractivity contribution in [3.8, 4) is 0 Å². The minimum absolute atomic E-state index is 0.00871. The highest BCUT2D eigenvalue weighted by Crippen LogP contribution is 2.68. The van der Waals surface area contributed by atoms with Gasteiger partial charge in [0, 0.05) is 30.9 Å². The van der Waals surface area contributed by atoms with Crippen molar-refractivity contribution < 1.29 is 29.2 Å². The third-order valence-corrected chi connectivity index (χ3v) is 12.8. The molecule has 6 unspecified atom stereocenters. The van der Waals surface area contributed by atoms with Gasteiger partial charge in [0.25, 0.3) is 0 Å². The quantitative estimate of drug-likeness (QED) is 0.187. The van der Waals surface area contributed by atoms with Gasteiger partial charge in [0.15, 0.2) is 0 Å². The first-order valence-electron chi connectivity index (χ1n) is 17.9. The highest BCUT2D eigenvalue weighted by atomic mass is 16.5. The van der Waals surface area contributed by atoms with Gasteiger partial charge in [-0.15, -0.1) is 0 Å². The standard InChI is InChI=1S/C37H67NO6/c1-25(9-12-32(41)38-17-18-43-22-35(4,5)24-44-23-34(2,3)21-42-8)28-10-11-29-33-30(14-16-37(28,29)7)36(6)15-13-27(39)19-26(36)20-31(33)40/h25-31,33,39-40H,9-24H2,1-8H3,(H,38,41)/t25?,26?,27-,28?,29+,30?,31+,33+,36?,37?/m1/s1. The first-order chi connectivity index (χ1) is 20.6. The van der Waals surface area contributed by atoms with Crippen LogP contribution in [0.3, 0.4) is 0 Å². The lowest BCUT2D eigenvalue weighted by Gasteiger charge is -2.62. The number of aliphatic hydroxyl groups is 2. The zero-order chi connectivity index (χ0) is 32.3. The van der Waals surface area contributed by atoms with E-state index in [0.717, 1.165) is 32.1 Å². The molecule has 0 heterocycles. The number of hydrogen-bond acceptors (Lipinski definition) is 6. The van der Waals surface area contributed by atoms with Gasteiger partial charge in [-0.25, -0.2) is 0 Å². The van der Waals surface area contributed by atoms with Gasteiger partial charge < -0.3 is 29.7 Å². The lowest BCUT2D eigenvalue weighted by Crippen LogP contribution is -2.58. The fourth-order valence-electron chi connectivity index (χ4n) is 10.5. The second-order valence-electron chi connectivity index (χ2n) is 17.6. The van der Waals surface area contributed by atoms with E-state index in [4.69, 9.17) is 14.2 Å². The Bertz CT molecular complexity index is 939. The number of methoxy groups -OCH3 is 1. The maximum atomic E-state index is 12.7. The van der Waals surface area contributed by atoms with Crippen molar-refractivity contribution in [2.24, 2.45) is 57.2 Å². The molecular formula is C37H67NO6. The van der Waals surface area contributed by atoms with Crippen LogP contribution in [-0.4, -0.2) is 75.0 Å². The number of ether oxygens (including phenoxy) is 3. The van der Waals surface area contributed by atoms with Gasteiger partial charge in [0.2, 0.25) is 5.91 Å². The molecule has 0 radical (unpaired) electrons. The summed E-state index contributed by atoms with van der Waals surface area (Å²) in [4.78, 5) is 12.7. The van der Waals surface area contributed by atoms with E-state index >= 15 is 0 Å². The number of nitrogens with one attached hydrogen (secondary N) is 1. The predicted molar refractivity (Wildman–Crippen MR) is 175 cm³/mol. The molecule has 0 saturated heterocycles. The molecule has 3 N–H and O–H groups in total. The van der Waals surface area contributed by atoms with E-state index in [2.05, 4.69) is 53.8 Å². The van der Waals surface area contributed by atoms with Gasteiger partial charge in [-0.3, -0.25) is 4.79 Å². The van der Waals surface area contributed by atoms with Gasteiger partial charge in [-0.05, 0) is 104 Å². The third-order valence-electron chi connectivity index (χ3n) is 12.8. The van der Waals surface area contributed by atoms with Crippen LogP contribution in [0.15, 0.2) is 0 Å². The fraction of sp³-hybridized carbons (Fsp3) is 0.973. The van der Waals surface area contributed by atoms with E-state index in [1.54, 1.807) is 7.11 Å². The third kappa shape index (κ3) is 8.21. The zero-order valence-corrected chi connectivity index (χ0v) is 29.5. The number of fused-ring (bicyclic) bond motifs is 5. The molecule has 256 valence electrons. The van der Waals surface area contributed by atoms with Crippen molar-refractivity contribution in [2.75, 3.05) is 46.7 Å². The van der Waals surface area contributed by atoms with Crippen LogP contribution in [0.25, 0.3) is 0 Å². The van der Waals surface area contributed by atoms with Crippen LogP contribution in [-0.2, 0) is 19.0 Å². The Balaban J connectivity index is 1.17. The van der Waals surface area contributed by atoms with Crippen molar-refractivity contribution in [2.45, 2.75) is 125 Å². The van der Waals surface area contributed by atoms with Crippen molar-refractivity contribution in [1.29, 1.82) is 0 Å². The van der Waals surface area contributed by atoms with E-state index < -0.39 is 0 Å². The number of carbonyl (C=O) groups is 1. The molecule has 0 bridgehead atoms. The van der Waals surface area contributed by atoms with Crippen molar-refractivity contribution in [3.05, 3.63) is 0 Å². The van der Waals surface area contributed by atoms with Gasteiger partial charge in [0.05, 0.1) is 45.2 Å². The zero-order valence-electron chi connectivity index (χ0n) is 29.5. The summed E-state index contributed by atoms with van der Waals surface area (Å²) in [5, 5.41) is 24.9. The highest BCUT2D eigenvalue weighted by molar-refractivity contribution is 5.75. The summed E-state index contributed by atoms with van der Waals surface area (Å²) >= 11 is 0. The minimum atomic E-state index is -0.235. The van der Waals surface area contributed by atoms with Crippen molar-refractivity contribution in [3.63, 3.8) is 0 Å². The number of rotatable bonds is 15. The Hall–Kier alpha value is -0.730. The molecule has 4 rings (SSSR count). The Morgan fingerprint density at radius 1 is 0.886 bits per heavy atom. The molecule has 4 saturated carbocycles. The van der Waals surface area contributed by atoms with Gasteiger partial charge in [-0.2, -0.15) is 0 Å². The number of carbonyl (C=O) groups excluding carboxylic acids is 1. The molecule has 7 heteroatoms. The topological polar surface area (TPSA) is 97.2 Å². The van der Waals surface area contributed by atoms with Crippen LogP contribution >= 0.6 is 0 Å². The predicted octanol–water partition coefficient (Wildman–Crippen LogP) is 6.24. The van der Waals surface area contributed by atoms with Crippen LogP contribution in [0.4, 0.5) is 0 Å². The normalized spacial score (nSPS) is 38.0. The highest BCUT2D eigenvalue weighted by Gasteiger charge is 2.62. The summed E-state index contributed by atoms with van der Waals surface area (Å²) in [5.41, 5.74) is 0.411. The molecule has 10 atom stereocenters. The molecule has 0 aromatic carbocycles. The van der Waals surface area contributed by atoms with Crippen LogP contribution in [0, 0.1) is 57.2 Å². The Labute approximate surface area is 268 Å². The number of amides is 1. The van der Waals surface area contributed by atoms with E-state index in [9.17, 15) is 15.0 Å². The summed E-state index contributed by atoms with van der Waals surface area (Å²) in [6.07, 6.45) is 9.69. The van der Waals surface area contributed by atoms with Crippen molar-refractivity contribution in [1.82, 2.24) is 5.32 Å². The average molecular weight is 622 g/mol. The largest absolute Gasteiger partial charge is 0.393 e. The Kier molecular flexibility index (Phi) is 12.0. The molecular weight excluding hydrogens is 554 g/mol. The molecule has 0 aromatic rings. The molecule has 0 aromatic heterocycles. The van der Waals surface area contributed by atoms with Gasteiger partial charge in [0.1, 0.15) is 0 Å². The minimum Gasteiger partial charge on any atom is -0.393 e. The summed E-state index contributed by atoms with van der Waals surface area (Å²) in [5.74, 6) is 3.22. The summed E-state index contributed by atoms with van der Waals surface area (Å²) in [6.45, 7) is 19.5. The van der Waals surface area contributed by atoms with E-state index in [-0.39, 0.29) is 39.8 Å². The first kappa shape index (κ1) is 36.1. The molecule has 44 heavy (non-hydrogen) atoms. The fourth-order valence-corrected chi connectivity index (χ4v) is 10.5.